The van der Waals surface area contributed by atoms with E-state index >= 15 is 0 Å². The molecule has 1 aromatic heterocycles. The summed E-state index contributed by atoms with van der Waals surface area (Å²) in [5, 5.41) is 20.3. The number of aromatic nitrogens is 1. The van der Waals surface area contributed by atoms with Gasteiger partial charge in [-0.1, -0.05) is 36.4 Å². The highest BCUT2D eigenvalue weighted by atomic mass is 16.5. The second kappa shape index (κ2) is 11.5. The molecule has 0 aliphatic carbocycles. The molecule has 3 aromatic rings. The Morgan fingerprint density at radius 1 is 1.00 bits per heavy atom. The summed E-state index contributed by atoms with van der Waals surface area (Å²) in [4.78, 5) is 20.4. The number of aromatic carboxylic acids is 1. The van der Waals surface area contributed by atoms with E-state index in [4.69, 9.17) is 10.5 Å². The van der Waals surface area contributed by atoms with Crippen molar-refractivity contribution < 1.29 is 19.7 Å². The molecule has 2 fully saturated rings. The number of hydrogen-bond donors (Lipinski definition) is 3. The van der Waals surface area contributed by atoms with Crippen LogP contribution in [0.2, 0.25) is 0 Å². The van der Waals surface area contributed by atoms with Gasteiger partial charge in [0, 0.05) is 30.9 Å². The van der Waals surface area contributed by atoms with Crippen LogP contribution in [0.5, 0.6) is 5.75 Å². The zero-order chi connectivity index (χ0) is 26.6. The third-order valence-corrected chi connectivity index (χ3v) is 7.83. The molecular weight excluding hydrogens is 480 g/mol. The van der Waals surface area contributed by atoms with E-state index in [9.17, 15) is 15.0 Å². The third-order valence-electron chi connectivity index (χ3n) is 7.83. The summed E-state index contributed by atoms with van der Waals surface area (Å²) in [6, 6.07) is 17.0. The maximum atomic E-state index is 11.3. The van der Waals surface area contributed by atoms with Crippen molar-refractivity contribution in [1.82, 2.24) is 14.8 Å². The van der Waals surface area contributed by atoms with Crippen molar-refractivity contribution in [2.75, 3.05) is 31.9 Å². The van der Waals surface area contributed by atoms with Crippen molar-refractivity contribution in [3.63, 3.8) is 0 Å². The fourth-order valence-corrected chi connectivity index (χ4v) is 5.55. The minimum absolute atomic E-state index is 0.205. The fraction of sp³-hybridized carbons (Fsp3) is 0.400. The van der Waals surface area contributed by atoms with Gasteiger partial charge in [-0.15, -0.1) is 0 Å². The van der Waals surface area contributed by atoms with Crippen LogP contribution in [0.1, 0.15) is 66.4 Å². The summed E-state index contributed by atoms with van der Waals surface area (Å²) in [5.41, 5.74) is 9.69. The second-order valence-corrected chi connectivity index (χ2v) is 10.3. The Hall–Kier alpha value is -3.46. The summed E-state index contributed by atoms with van der Waals surface area (Å²) in [5.74, 6) is -0.289. The number of hydrogen-bond acceptors (Lipinski definition) is 7. The van der Waals surface area contributed by atoms with Crippen LogP contribution in [-0.2, 0) is 0 Å². The number of anilines is 1. The van der Waals surface area contributed by atoms with Crippen molar-refractivity contribution in [3.8, 4) is 16.9 Å². The summed E-state index contributed by atoms with van der Waals surface area (Å²) in [6.07, 6.45) is 5.50. The van der Waals surface area contributed by atoms with Crippen molar-refractivity contribution in [2.24, 2.45) is 0 Å². The minimum atomic E-state index is -0.984. The lowest BCUT2D eigenvalue weighted by molar-refractivity contribution is -0.0244. The van der Waals surface area contributed by atoms with Gasteiger partial charge in [0.2, 0.25) is 0 Å². The molecule has 2 unspecified atom stereocenters. The van der Waals surface area contributed by atoms with Gasteiger partial charge in [-0.3, -0.25) is 4.90 Å². The zero-order valence-corrected chi connectivity index (χ0v) is 21.8. The Kier molecular flexibility index (Phi) is 7.93. The quantitative estimate of drug-likeness (QED) is 0.394. The van der Waals surface area contributed by atoms with Crippen molar-refractivity contribution in [3.05, 3.63) is 77.5 Å². The lowest BCUT2D eigenvalue weighted by Crippen LogP contribution is -2.44. The molecule has 2 aliphatic heterocycles. The van der Waals surface area contributed by atoms with E-state index in [1.807, 2.05) is 43.3 Å². The second-order valence-electron chi connectivity index (χ2n) is 10.3. The zero-order valence-electron chi connectivity index (χ0n) is 21.8. The first-order valence-corrected chi connectivity index (χ1v) is 13.4. The number of aliphatic hydroxyl groups excluding tert-OH is 1. The number of likely N-dealkylation sites (tertiary alicyclic amines) is 2. The van der Waals surface area contributed by atoms with Crippen molar-refractivity contribution >= 4 is 11.8 Å². The number of piperidine rings is 1. The molecule has 2 saturated heterocycles. The van der Waals surface area contributed by atoms with Gasteiger partial charge in [0.15, 0.2) is 11.6 Å². The molecular formula is C30H36N4O4. The summed E-state index contributed by atoms with van der Waals surface area (Å²) in [7, 11) is 0. The average Bonchev–Trinajstić information content (AvgIpc) is 3.49. The number of nitrogens with two attached hydrogens (primary N) is 1. The molecule has 2 atom stereocenters. The molecule has 8 nitrogen and oxygen atoms in total. The molecule has 38 heavy (non-hydrogen) atoms. The Balaban J connectivity index is 1.24. The van der Waals surface area contributed by atoms with Crippen LogP contribution < -0.4 is 10.5 Å². The molecule has 0 saturated carbocycles. The number of carboxylic acids is 1. The first-order valence-electron chi connectivity index (χ1n) is 13.4. The molecule has 3 heterocycles. The van der Waals surface area contributed by atoms with E-state index in [1.54, 1.807) is 24.4 Å². The molecule has 5 rings (SSSR count). The predicted octanol–water partition coefficient (Wildman–Crippen LogP) is 4.72. The van der Waals surface area contributed by atoms with Crippen molar-refractivity contribution in [1.29, 1.82) is 0 Å². The van der Waals surface area contributed by atoms with Crippen LogP contribution in [0, 0.1) is 0 Å². The molecule has 8 heteroatoms. The molecule has 4 N–H and O–H groups in total. The SMILES string of the molecule is CC(Oc1cc(-c2ccc(C(O)N3CCC(N4CCCC4)CC3)cc2)cnc1N)c1cccc(C(=O)O)c1. The average molecular weight is 517 g/mol. The highest BCUT2D eigenvalue weighted by Gasteiger charge is 2.29. The molecule has 0 radical (unpaired) electrons. The number of ether oxygens (including phenoxy) is 1. The highest BCUT2D eigenvalue weighted by molar-refractivity contribution is 5.87. The van der Waals surface area contributed by atoms with E-state index in [1.165, 1.54) is 25.9 Å². The van der Waals surface area contributed by atoms with Crippen LogP contribution in [0.3, 0.4) is 0 Å². The van der Waals surface area contributed by atoms with E-state index in [2.05, 4.69) is 14.8 Å². The number of benzene rings is 2. The first-order chi connectivity index (χ1) is 18.4. The van der Waals surface area contributed by atoms with Gasteiger partial charge >= 0.3 is 5.97 Å². The van der Waals surface area contributed by atoms with Gasteiger partial charge < -0.3 is 25.6 Å². The number of rotatable bonds is 8. The van der Waals surface area contributed by atoms with Gasteiger partial charge in [-0.25, -0.2) is 9.78 Å². The minimum Gasteiger partial charge on any atom is -0.482 e. The smallest absolute Gasteiger partial charge is 0.335 e. The van der Waals surface area contributed by atoms with E-state index in [0.29, 0.717) is 11.8 Å². The molecule has 2 aromatic carbocycles. The lowest BCUT2D eigenvalue weighted by atomic mass is 10.0. The lowest BCUT2D eigenvalue weighted by Gasteiger charge is -2.38. The largest absolute Gasteiger partial charge is 0.482 e. The monoisotopic (exact) mass is 516 g/mol. The number of carboxylic acid groups (broad SMARTS) is 1. The third kappa shape index (κ3) is 5.83. The van der Waals surface area contributed by atoms with Gasteiger partial charge in [0.05, 0.1) is 5.56 Å². The van der Waals surface area contributed by atoms with Crippen LogP contribution in [0.4, 0.5) is 5.82 Å². The van der Waals surface area contributed by atoms with Crippen LogP contribution in [-0.4, -0.2) is 63.2 Å². The maximum absolute atomic E-state index is 11.3. The normalized spacial score (nSPS) is 18.8. The van der Waals surface area contributed by atoms with E-state index in [0.717, 1.165) is 48.2 Å². The van der Waals surface area contributed by atoms with Gasteiger partial charge in [0.1, 0.15) is 12.3 Å². The maximum Gasteiger partial charge on any atom is 0.335 e. The summed E-state index contributed by atoms with van der Waals surface area (Å²) >= 11 is 0. The highest BCUT2D eigenvalue weighted by Crippen LogP contribution is 2.32. The van der Waals surface area contributed by atoms with Gasteiger partial charge in [-0.2, -0.15) is 0 Å². The molecule has 0 bridgehead atoms. The van der Waals surface area contributed by atoms with Gasteiger partial charge in [-0.05, 0) is 80.6 Å². The van der Waals surface area contributed by atoms with Crippen LogP contribution >= 0.6 is 0 Å². The molecule has 2 aliphatic rings. The first kappa shape index (κ1) is 26.2. The summed E-state index contributed by atoms with van der Waals surface area (Å²) in [6.45, 7) is 6.09. The van der Waals surface area contributed by atoms with Gasteiger partial charge in [0.25, 0.3) is 0 Å². The molecule has 200 valence electrons. The number of pyridine rings is 1. The topological polar surface area (TPSA) is 112 Å². The Morgan fingerprint density at radius 2 is 1.71 bits per heavy atom. The van der Waals surface area contributed by atoms with Crippen LogP contribution in [0.25, 0.3) is 11.1 Å². The van der Waals surface area contributed by atoms with Crippen molar-refractivity contribution in [2.45, 2.75) is 51.0 Å². The fourth-order valence-electron chi connectivity index (χ4n) is 5.55. The standard InChI is InChI=1S/C30H36N4O4/c1-20(23-5-4-6-24(17-23)30(36)37)38-27-18-25(19-32-28(27)31)21-7-9-22(10-8-21)29(35)34-15-11-26(12-16-34)33-13-2-3-14-33/h4-10,17-20,26,29,35H,2-3,11-16H2,1H3,(H2,31,32)(H,36,37). The number of carbonyl (C=O) groups is 1. The number of aliphatic hydroxyl groups is 1. The molecule has 0 amide bonds. The van der Waals surface area contributed by atoms with Crippen LogP contribution in [0.15, 0.2) is 60.8 Å². The molecule has 0 spiro atoms. The van der Waals surface area contributed by atoms with E-state index < -0.39 is 18.3 Å². The Labute approximate surface area is 223 Å². The van der Waals surface area contributed by atoms with E-state index in [-0.39, 0.29) is 11.4 Å². The Bertz CT molecular complexity index is 1250. The number of nitrogen functional groups attached to an aromatic ring is 1. The number of nitrogens with zero attached hydrogens (tertiary/aromatic N) is 3. The Morgan fingerprint density at radius 3 is 2.39 bits per heavy atom. The summed E-state index contributed by atoms with van der Waals surface area (Å²) < 4.78 is 6.08. The predicted molar refractivity (Wildman–Crippen MR) is 147 cm³/mol.